The minimum atomic E-state index is -0.899. The number of carbonyl (C=O) groups is 2. The number of carbonyl (C=O) groups excluding carboxylic acids is 1. The number of hydrogen-bond donors (Lipinski definition) is 1. The van der Waals surface area contributed by atoms with Crippen molar-refractivity contribution in [2.45, 2.75) is 37.8 Å². The molecule has 100 valence electrons. The van der Waals surface area contributed by atoms with Crippen LogP contribution in [0.1, 0.15) is 37.3 Å². The van der Waals surface area contributed by atoms with Crippen molar-refractivity contribution < 1.29 is 14.7 Å². The summed E-state index contributed by atoms with van der Waals surface area (Å²) >= 11 is 0. The number of carboxylic acid groups (broad SMARTS) is 1. The van der Waals surface area contributed by atoms with Crippen LogP contribution in [0.2, 0.25) is 0 Å². The lowest BCUT2D eigenvalue weighted by atomic mass is 9.88. The standard InChI is InChI=1S/C14H16N2O3/c17-12-7-11(14(18)19)13(9-3-2-6-15-8-9)16(12)10-4-1-5-10/h2-3,6,8,10-11,13H,1,4-5,7H2,(H,18,19)/t11-,13+/m0/s1. The summed E-state index contributed by atoms with van der Waals surface area (Å²) in [5.41, 5.74) is 0.827. The van der Waals surface area contributed by atoms with Crippen molar-refractivity contribution in [3.8, 4) is 0 Å². The molecule has 2 atom stereocenters. The molecule has 1 aromatic rings. The van der Waals surface area contributed by atoms with E-state index >= 15 is 0 Å². The number of carboxylic acids is 1. The summed E-state index contributed by atoms with van der Waals surface area (Å²) in [7, 11) is 0. The van der Waals surface area contributed by atoms with Crippen molar-refractivity contribution in [1.29, 1.82) is 0 Å². The van der Waals surface area contributed by atoms with E-state index in [0.717, 1.165) is 24.8 Å². The predicted molar refractivity (Wildman–Crippen MR) is 67.2 cm³/mol. The number of rotatable bonds is 3. The molecule has 1 saturated carbocycles. The Labute approximate surface area is 111 Å². The van der Waals surface area contributed by atoms with Gasteiger partial charge in [-0.2, -0.15) is 0 Å². The molecule has 2 fully saturated rings. The molecular formula is C14H16N2O3. The van der Waals surface area contributed by atoms with Crippen molar-refractivity contribution in [2.24, 2.45) is 5.92 Å². The molecule has 1 aliphatic carbocycles. The fraction of sp³-hybridized carbons (Fsp3) is 0.500. The van der Waals surface area contributed by atoms with Gasteiger partial charge in [0, 0.05) is 24.9 Å². The van der Waals surface area contributed by atoms with E-state index in [1.54, 1.807) is 23.4 Å². The van der Waals surface area contributed by atoms with E-state index in [9.17, 15) is 14.7 Å². The van der Waals surface area contributed by atoms with Crippen LogP contribution < -0.4 is 0 Å². The molecule has 0 unspecified atom stereocenters. The highest BCUT2D eigenvalue weighted by molar-refractivity contribution is 5.87. The molecule has 5 heteroatoms. The number of nitrogens with zero attached hydrogens (tertiary/aromatic N) is 2. The third-order valence-electron chi connectivity index (χ3n) is 4.17. The monoisotopic (exact) mass is 260 g/mol. The Morgan fingerprint density at radius 2 is 2.21 bits per heavy atom. The van der Waals surface area contributed by atoms with Gasteiger partial charge in [0.05, 0.1) is 12.0 Å². The van der Waals surface area contributed by atoms with Crippen molar-refractivity contribution in [3.05, 3.63) is 30.1 Å². The van der Waals surface area contributed by atoms with Crippen LogP contribution in [0.25, 0.3) is 0 Å². The molecular weight excluding hydrogens is 244 g/mol. The van der Waals surface area contributed by atoms with E-state index in [1.807, 2.05) is 6.07 Å². The average molecular weight is 260 g/mol. The molecule has 2 aliphatic rings. The Balaban J connectivity index is 1.97. The van der Waals surface area contributed by atoms with Gasteiger partial charge in [0.25, 0.3) is 0 Å². The first-order chi connectivity index (χ1) is 9.18. The number of pyridine rings is 1. The molecule has 1 aromatic heterocycles. The fourth-order valence-corrected chi connectivity index (χ4v) is 3.02. The quantitative estimate of drug-likeness (QED) is 0.896. The normalized spacial score (nSPS) is 27.4. The first-order valence-electron chi connectivity index (χ1n) is 6.62. The molecule has 2 heterocycles. The Bertz CT molecular complexity index is 499. The van der Waals surface area contributed by atoms with Gasteiger partial charge in [-0.05, 0) is 30.9 Å². The van der Waals surface area contributed by atoms with Crippen LogP contribution in [0.5, 0.6) is 0 Å². The van der Waals surface area contributed by atoms with Crippen molar-refractivity contribution in [2.75, 3.05) is 0 Å². The lowest BCUT2D eigenvalue weighted by molar-refractivity contribution is -0.142. The van der Waals surface area contributed by atoms with Gasteiger partial charge in [0.2, 0.25) is 5.91 Å². The number of aromatic nitrogens is 1. The highest BCUT2D eigenvalue weighted by atomic mass is 16.4. The van der Waals surface area contributed by atoms with Crippen LogP contribution in [0, 0.1) is 5.92 Å². The van der Waals surface area contributed by atoms with Gasteiger partial charge in [-0.15, -0.1) is 0 Å². The summed E-state index contributed by atoms with van der Waals surface area (Å²) in [5, 5.41) is 9.35. The second-order valence-corrected chi connectivity index (χ2v) is 5.27. The molecule has 1 saturated heterocycles. The highest BCUT2D eigenvalue weighted by Gasteiger charge is 2.48. The zero-order chi connectivity index (χ0) is 13.4. The topological polar surface area (TPSA) is 70.5 Å². The summed E-state index contributed by atoms with van der Waals surface area (Å²) in [5.74, 6) is -1.59. The summed E-state index contributed by atoms with van der Waals surface area (Å²) < 4.78 is 0. The van der Waals surface area contributed by atoms with Crippen LogP contribution in [0.15, 0.2) is 24.5 Å². The number of hydrogen-bond acceptors (Lipinski definition) is 3. The molecule has 0 bridgehead atoms. The first-order valence-corrected chi connectivity index (χ1v) is 6.62. The lowest BCUT2D eigenvalue weighted by Crippen LogP contribution is -2.43. The summed E-state index contributed by atoms with van der Waals surface area (Å²) in [6.45, 7) is 0. The molecule has 0 aromatic carbocycles. The minimum absolute atomic E-state index is 0.0362. The molecule has 3 rings (SSSR count). The second-order valence-electron chi connectivity index (χ2n) is 5.27. The van der Waals surface area contributed by atoms with E-state index in [1.165, 1.54) is 0 Å². The van der Waals surface area contributed by atoms with Crippen molar-refractivity contribution >= 4 is 11.9 Å². The van der Waals surface area contributed by atoms with E-state index in [4.69, 9.17) is 0 Å². The summed E-state index contributed by atoms with van der Waals surface area (Å²) in [6.07, 6.45) is 6.51. The fourth-order valence-electron chi connectivity index (χ4n) is 3.02. The average Bonchev–Trinajstić information content (AvgIpc) is 2.67. The van der Waals surface area contributed by atoms with Crippen molar-refractivity contribution in [1.82, 2.24) is 9.88 Å². The van der Waals surface area contributed by atoms with Crippen LogP contribution in [-0.2, 0) is 9.59 Å². The minimum Gasteiger partial charge on any atom is -0.481 e. The van der Waals surface area contributed by atoms with Gasteiger partial charge in [0.15, 0.2) is 0 Å². The van der Waals surface area contributed by atoms with Crippen molar-refractivity contribution in [3.63, 3.8) is 0 Å². The maximum atomic E-state index is 12.1. The van der Waals surface area contributed by atoms with Crippen LogP contribution in [0.3, 0.4) is 0 Å². The number of aliphatic carboxylic acids is 1. The van der Waals surface area contributed by atoms with Crippen LogP contribution >= 0.6 is 0 Å². The number of amides is 1. The van der Waals surface area contributed by atoms with Gasteiger partial charge < -0.3 is 10.0 Å². The summed E-state index contributed by atoms with van der Waals surface area (Å²) in [4.78, 5) is 29.4. The smallest absolute Gasteiger partial charge is 0.309 e. The highest BCUT2D eigenvalue weighted by Crippen LogP contribution is 2.43. The molecule has 5 nitrogen and oxygen atoms in total. The zero-order valence-electron chi connectivity index (χ0n) is 10.5. The van der Waals surface area contributed by atoms with E-state index in [-0.39, 0.29) is 24.4 Å². The third-order valence-corrected chi connectivity index (χ3v) is 4.17. The van der Waals surface area contributed by atoms with E-state index in [0.29, 0.717) is 0 Å². The summed E-state index contributed by atoms with van der Waals surface area (Å²) in [6, 6.07) is 3.50. The molecule has 1 amide bonds. The predicted octanol–water partition coefficient (Wildman–Crippen LogP) is 1.61. The largest absolute Gasteiger partial charge is 0.481 e. The zero-order valence-corrected chi connectivity index (χ0v) is 10.5. The molecule has 0 radical (unpaired) electrons. The maximum Gasteiger partial charge on any atom is 0.309 e. The first kappa shape index (κ1) is 12.1. The Morgan fingerprint density at radius 3 is 2.74 bits per heavy atom. The van der Waals surface area contributed by atoms with Gasteiger partial charge >= 0.3 is 5.97 Å². The van der Waals surface area contributed by atoms with Gasteiger partial charge in [-0.25, -0.2) is 0 Å². The second kappa shape index (κ2) is 4.64. The van der Waals surface area contributed by atoms with E-state index in [2.05, 4.69) is 4.98 Å². The number of likely N-dealkylation sites (tertiary alicyclic amines) is 1. The Morgan fingerprint density at radius 1 is 1.42 bits per heavy atom. The third kappa shape index (κ3) is 1.99. The van der Waals surface area contributed by atoms with Gasteiger partial charge in [-0.1, -0.05) is 6.07 Å². The maximum absolute atomic E-state index is 12.1. The van der Waals surface area contributed by atoms with Crippen LogP contribution in [0.4, 0.5) is 0 Å². The molecule has 1 aliphatic heterocycles. The molecule has 19 heavy (non-hydrogen) atoms. The van der Waals surface area contributed by atoms with Gasteiger partial charge in [-0.3, -0.25) is 14.6 Å². The van der Waals surface area contributed by atoms with Gasteiger partial charge in [0.1, 0.15) is 0 Å². The molecule has 0 spiro atoms. The van der Waals surface area contributed by atoms with E-state index < -0.39 is 11.9 Å². The lowest BCUT2D eigenvalue weighted by Gasteiger charge is -2.39. The Kier molecular flexibility index (Phi) is 2.97. The van der Waals surface area contributed by atoms with Crippen LogP contribution in [-0.4, -0.2) is 32.9 Å². The molecule has 1 N–H and O–H groups in total. The Hall–Kier alpha value is -1.91. The SMILES string of the molecule is O=C(O)[C@H]1CC(=O)N(C2CCC2)[C@@H]1c1cccnc1.